The summed E-state index contributed by atoms with van der Waals surface area (Å²) in [6.07, 6.45) is 0. The van der Waals surface area contributed by atoms with E-state index in [9.17, 15) is 4.79 Å². The van der Waals surface area contributed by atoms with Gasteiger partial charge < -0.3 is 9.73 Å². The number of carbonyl (C=O) groups excluding carboxylic acids is 1. The highest BCUT2D eigenvalue weighted by molar-refractivity contribution is 6.54. The third-order valence-corrected chi connectivity index (χ3v) is 3.90. The molecule has 0 saturated heterocycles. The number of anilines is 1. The lowest BCUT2D eigenvalue weighted by molar-refractivity contribution is -0.110. The van der Waals surface area contributed by atoms with Gasteiger partial charge in [0, 0.05) is 21.2 Å². The molecule has 2 aromatic carbocycles. The number of nitrogens with one attached hydrogen (secondary N) is 1. The Bertz CT molecular complexity index is 980. The van der Waals surface area contributed by atoms with E-state index in [1.807, 2.05) is 0 Å². The highest BCUT2D eigenvalue weighted by Crippen LogP contribution is 2.29. The molecule has 8 heteroatoms. The maximum atomic E-state index is 12.1. The van der Waals surface area contributed by atoms with Crippen LogP contribution in [0.1, 0.15) is 5.56 Å². The molecule has 0 radical (unpaired) electrons. The molecule has 0 atom stereocenters. The van der Waals surface area contributed by atoms with Crippen LogP contribution in [-0.2, 0) is 4.79 Å². The van der Waals surface area contributed by atoms with Crippen molar-refractivity contribution in [2.45, 2.75) is 0 Å². The minimum atomic E-state index is -0.349. The van der Waals surface area contributed by atoms with E-state index in [1.165, 1.54) is 0 Å². The Morgan fingerprint density at radius 3 is 2.54 bits per heavy atom. The van der Waals surface area contributed by atoms with Gasteiger partial charge in [0.25, 0.3) is 5.91 Å². The summed E-state index contributed by atoms with van der Waals surface area (Å²) in [5.41, 5.74) is 2.12. The molecular weight excluding hydrogens is 351 g/mol. The minimum absolute atomic E-state index is 0.0158. The molecule has 0 spiro atoms. The Kier molecular flexibility index (Phi) is 3.55. The van der Waals surface area contributed by atoms with Crippen LogP contribution in [0.5, 0.6) is 0 Å². The van der Waals surface area contributed by atoms with E-state index in [0.29, 0.717) is 26.9 Å². The summed E-state index contributed by atoms with van der Waals surface area (Å²) in [5, 5.41) is 11.6. The molecule has 0 unspecified atom stereocenters. The molecule has 118 valence electrons. The number of amides is 1. The number of carbonyl (C=O) groups is 1. The van der Waals surface area contributed by atoms with Crippen molar-refractivity contribution in [3.63, 3.8) is 0 Å². The quantitative estimate of drug-likeness (QED) is 0.747. The summed E-state index contributed by atoms with van der Waals surface area (Å²) in [4.78, 5) is 16.2. The fourth-order valence-electron chi connectivity index (χ4n) is 2.30. The first-order valence-electron chi connectivity index (χ1n) is 6.89. The summed E-state index contributed by atoms with van der Waals surface area (Å²) >= 11 is 11.8. The Hall–Kier alpha value is -2.70. The number of nitrogens with zero attached hydrogens (tertiary/aromatic N) is 3. The standard InChI is InChI=1S/C16H8Cl2N4O2/c17-9-3-1-8(2-4-9)15-21-22-16(24-15)20-13-11-7-10(18)5-6-12(11)19-14(13)23/h1-7H,(H,19,20,22,23). The summed E-state index contributed by atoms with van der Waals surface area (Å²) < 4.78 is 5.50. The molecule has 1 N–H and O–H groups in total. The van der Waals surface area contributed by atoms with Crippen LogP contribution in [0.2, 0.25) is 10.0 Å². The van der Waals surface area contributed by atoms with Gasteiger partial charge in [0.1, 0.15) is 5.71 Å². The average Bonchev–Trinajstić information content (AvgIpc) is 3.14. The molecule has 1 aliphatic heterocycles. The zero-order chi connectivity index (χ0) is 16.7. The van der Waals surface area contributed by atoms with Crippen LogP contribution in [0.25, 0.3) is 11.5 Å². The molecule has 0 fully saturated rings. The van der Waals surface area contributed by atoms with E-state index >= 15 is 0 Å². The van der Waals surface area contributed by atoms with E-state index < -0.39 is 0 Å². The summed E-state index contributed by atoms with van der Waals surface area (Å²) in [6.45, 7) is 0. The lowest BCUT2D eigenvalue weighted by Gasteiger charge is -1.97. The predicted molar refractivity (Wildman–Crippen MR) is 91.0 cm³/mol. The number of hydrogen-bond donors (Lipinski definition) is 1. The number of halogens is 2. The van der Waals surface area contributed by atoms with Crippen molar-refractivity contribution in [3.05, 3.63) is 58.1 Å². The molecule has 4 rings (SSSR count). The Morgan fingerprint density at radius 2 is 1.75 bits per heavy atom. The van der Waals surface area contributed by atoms with Crippen LogP contribution < -0.4 is 5.32 Å². The number of hydrogen-bond acceptors (Lipinski definition) is 5. The normalized spacial score (nSPS) is 14.8. The van der Waals surface area contributed by atoms with Crippen LogP contribution in [0, 0.1) is 0 Å². The van der Waals surface area contributed by atoms with Crippen LogP contribution in [-0.4, -0.2) is 21.8 Å². The summed E-state index contributed by atoms with van der Waals surface area (Å²) in [5.74, 6) is -0.0609. The molecule has 24 heavy (non-hydrogen) atoms. The van der Waals surface area contributed by atoms with Crippen molar-refractivity contribution in [2.24, 2.45) is 4.99 Å². The zero-order valence-corrected chi connectivity index (χ0v) is 13.5. The minimum Gasteiger partial charge on any atom is -0.402 e. The van der Waals surface area contributed by atoms with Gasteiger partial charge >= 0.3 is 6.01 Å². The maximum Gasteiger partial charge on any atom is 0.343 e. The van der Waals surface area contributed by atoms with Crippen molar-refractivity contribution in [1.29, 1.82) is 0 Å². The largest absolute Gasteiger partial charge is 0.402 e. The number of fused-ring (bicyclic) bond motifs is 1. The number of aliphatic imine (C=N–C) groups is 1. The average molecular weight is 359 g/mol. The van der Waals surface area contributed by atoms with Gasteiger partial charge in [0.15, 0.2) is 0 Å². The van der Waals surface area contributed by atoms with Crippen LogP contribution in [0.4, 0.5) is 11.7 Å². The van der Waals surface area contributed by atoms with Crippen molar-refractivity contribution in [1.82, 2.24) is 10.2 Å². The first kappa shape index (κ1) is 14.9. The number of rotatable bonds is 2. The smallest absolute Gasteiger partial charge is 0.343 e. The summed E-state index contributed by atoms with van der Waals surface area (Å²) in [7, 11) is 0. The van der Waals surface area contributed by atoms with Crippen molar-refractivity contribution >= 4 is 46.5 Å². The van der Waals surface area contributed by atoms with E-state index in [0.717, 1.165) is 0 Å². The molecule has 1 aromatic heterocycles. The van der Waals surface area contributed by atoms with Crippen LogP contribution in [0.15, 0.2) is 51.9 Å². The topological polar surface area (TPSA) is 80.4 Å². The molecule has 1 amide bonds. The van der Waals surface area contributed by atoms with Gasteiger partial charge in [0.05, 0.1) is 5.69 Å². The SMILES string of the molecule is O=C1Nc2ccc(Cl)cc2/C1=N\c1nnc(-c2ccc(Cl)cc2)o1. The molecule has 2 heterocycles. The van der Waals surface area contributed by atoms with Gasteiger partial charge in [-0.25, -0.2) is 0 Å². The van der Waals surface area contributed by atoms with Gasteiger partial charge in [-0.3, -0.25) is 4.79 Å². The van der Waals surface area contributed by atoms with Gasteiger partial charge in [-0.05, 0) is 42.5 Å². The van der Waals surface area contributed by atoms with E-state index in [2.05, 4.69) is 20.5 Å². The Labute approximate surface area is 146 Å². The molecule has 6 nitrogen and oxygen atoms in total. The second kappa shape index (κ2) is 5.74. The Morgan fingerprint density at radius 1 is 1.00 bits per heavy atom. The Balaban J connectivity index is 1.71. The van der Waals surface area contributed by atoms with Gasteiger partial charge in [-0.2, -0.15) is 4.99 Å². The molecule has 0 saturated carbocycles. The first-order chi connectivity index (χ1) is 11.6. The zero-order valence-electron chi connectivity index (χ0n) is 12.0. The van der Waals surface area contributed by atoms with Crippen molar-refractivity contribution in [3.8, 4) is 11.5 Å². The number of benzene rings is 2. The van der Waals surface area contributed by atoms with Crippen molar-refractivity contribution in [2.75, 3.05) is 5.32 Å². The predicted octanol–water partition coefficient (Wildman–Crippen LogP) is 4.12. The van der Waals surface area contributed by atoms with E-state index in [-0.39, 0.29) is 23.5 Å². The van der Waals surface area contributed by atoms with Crippen LogP contribution >= 0.6 is 23.2 Å². The number of aromatic nitrogens is 2. The third-order valence-electron chi connectivity index (χ3n) is 3.41. The monoisotopic (exact) mass is 358 g/mol. The first-order valence-corrected chi connectivity index (χ1v) is 7.65. The fourth-order valence-corrected chi connectivity index (χ4v) is 2.60. The lowest BCUT2D eigenvalue weighted by Crippen LogP contribution is -2.13. The van der Waals surface area contributed by atoms with Crippen LogP contribution in [0.3, 0.4) is 0 Å². The summed E-state index contributed by atoms with van der Waals surface area (Å²) in [6, 6.07) is 12.0. The van der Waals surface area contributed by atoms with Gasteiger partial charge in [-0.1, -0.05) is 28.3 Å². The maximum absolute atomic E-state index is 12.1. The highest BCUT2D eigenvalue weighted by atomic mass is 35.5. The van der Waals surface area contributed by atoms with E-state index in [1.54, 1.807) is 42.5 Å². The fraction of sp³-hybridized carbons (Fsp3) is 0. The lowest BCUT2D eigenvalue weighted by atomic mass is 10.1. The van der Waals surface area contributed by atoms with E-state index in [4.69, 9.17) is 27.6 Å². The molecule has 3 aromatic rings. The highest BCUT2D eigenvalue weighted by Gasteiger charge is 2.27. The second-order valence-corrected chi connectivity index (χ2v) is 5.87. The molecular formula is C16H8Cl2N4O2. The molecule has 0 aliphatic carbocycles. The van der Waals surface area contributed by atoms with Gasteiger partial charge in [-0.15, -0.1) is 5.10 Å². The third kappa shape index (κ3) is 2.66. The molecule has 0 bridgehead atoms. The second-order valence-electron chi connectivity index (χ2n) is 5.00. The molecule has 1 aliphatic rings. The van der Waals surface area contributed by atoms with Gasteiger partial charge in [0.2, 0.25) is 5.89 Å². The van der Waals surface area contributed by atoms with Crippen molar-refractivity contribution < 1.29 is 9.21 Å².